The molecule has 1 aliphatic rings. The van der Waals surface area contributed by atoms with Gasteiger partial charge in [0.25, 0.3) is 0 Å². The minimum Gasteiger partial charge on any atom is -0.0838 e. The van der Waals surface area contributed by atoms with Gasteiger partial charge in [0, 0.05) is 4.83 Å². The molecule has 0 nitrogen and oxygen atoms in total. The number of benzene rings is 1. The highest BCUT2D eigenvalue weighted by atomic mass is 79.9. The van der Waals surface area contributed by atoms with Crippen LogP contribution in [-0.4, -0.2) is 0 Å². The fourth-order valence-electron chi connectivity index (χ4n) is 2.29. The first-order valence-electron chi connectivity index (χ1n) is 5.05. The van der Waals surface area contributed by atoms with Crippen LogP contribution in [0.25, 0.3) is 0 Å². The maximum atomic E-state index is 3.75. The first kappa shape index (κ1) is 9.26. The lowest BCUT2D eigenvalue weighted by Gasteiger charge is -2.08. The van der Waals surface area contributed by atoms with Crippen LogP contribution in [0.4, 0.5) is 0 Å². The van der Waals surface area contributed by atoms with Crippen molar-refractivity contribution in [2.75, 3.05) is 0 Å². The Kier molecular flexibility index (Phi) is 2.73. The van der Waals surface area contributed by atoms with Crippen molar-refractivity contribution in [1.82, 2.24) is 0 Å². The minimum absolute atomic E-state index is 0.597. The fraction of sp³-hybridized carbons (Fsp3) is 0.500. The third-order valence-corrected chi connectivity index (χ3v) is 3.77. The summed E-state index contributed by atoms with van der Waals surface area (Å²) < 4.78 is 0. The summed E-state index contributed by atoms with van der Waals surface area (Å²) in [5.74, 6) is 0.797. The molecule has 0 N–H and O–H groups in total. The maximum absolute atomic E-state index is 3.75. The molecule has 2 rings (SSSR count). The van der Waals surface area contributed by atoms with Crippen LogP contribution < -0.4 is 0 Å². The molecular formula is C12H15Br. The smallest absolute Gasteiger partial charge is 0.0404 e. The second-order valence-corrected chi connectivity index (χ2v) is 4.92. The van der Waals surface area contributed by atoms with E-state index in [9.17, 15) is 0 Å². The minimum atomic E-state index is 0.597. The SMILES string of the molecule is CCCC1CC(Br)c2ccccc21. The van der Waals surface area contributed by atoms with Gasteiger partial charge >= 0.3 is 0 Å². The zero-order chi connectivity index (χ0) is 9.26. The molecule has 1 aliphatic carbocycles. The third-order valence-electron chi connectivity index (χ3n) is 2.90. The van der Waals surface area contributed by atoms with E-state index in [1.807, 2.05) is 0 Å². The molecule has 0 radical (unpaired) electrons. The molecule has 0 saturated heterocycles. The van der Waals surface area contributed by atoms with Crippen molar-refractivity contribution in [1.29, 1.82) is 0 Å². The molecular weight excluding hydrogens is 224 g/mol. The Morgan fingerprint density at radius 3 is 2.69 bits per heavy atom. The highest BCUT2D eigenvalue weighted by Crippen LogP contribution is 2.46. The number of hydrogen-bond donors (Lipinski definition) is 0. The van der Waals surface area contributed by atoms with E-state index in [1.165, 1.54) is 24.8 Å². The highest BCUT2D eigenvalue weighted by molar-refractivity contribution is 9.09. The molecule has 2 atom stereocenters. The van der Waals surface area contributed by atoms with Gasteiger partial charge in [-0.05, 0) is 29.9 Å². The van der Waals surface area contributed by atoms with E-state index in [1.54, 1.807) is 5.56 Å². The van der Waals surface area contributed by atoms with Gasteiger partial charge < -0.3 is 0 Å². The van der Waals surface area contributed by atoms with Gasteiger partial charge in [0.15, 0.2) is 0 Å². The molecule has 1 aromatic carbocycles. The van der Waals surface area contributed by atoms with Crippen LogP contribution in [-0.2, 0) is 0 Å². The van der Waals surface area contributed by atoms with Crippen LogP contribution in [0.15, 0.2) is 24.3 Å². The lowest BCUT2D eigenvalue weighted by atomic mass is 9.97. The van der Waals surface area contributed by atoms with E-state index in [-0.39, 0.29) is 0 Å². The summed E-state index contributed by atoms with van der Waals surface area (Å²) in [6, 6.07) is 8.84. The Morgan fingerprint density at radius 2 is 2.00 bits per heavy atom. The molecule has 13 heavy (non-hydrogen) atoms. The number of rotatable bonds is 2. The Morgan fingerprint density at radius 1 is 1.31 bits per heavy atom. The number of fused-ring (bicyclic) bond motifs is 1. The molecule has 0 heterocycles. The van der Waals surface area contributed by atoms with Gasteiger partial charge in [-0.15, -0.1) is 0 Å². The largest absolute Gasteiger partial charge is 0.0838 e. The predicted molar refractivity (Wildman–Crippen MR) is 60.4 cm³/mol. The molecule has 0 saturated carbocycles. The van der Waals surface area contributed by atoms with Crippen LogP contribution in [0.3, 0.4) is 0 Å². The third kappa shape index (κ3) is 1.67. The maximum Gasteiger partial charge on any atom is 0.0404 e. The standard InChI is InChI=1S/C12H15Br/c1-2-5-9-8-12(13)11-7-4-3-6-10(9)11/h3-4,6-7,9,12H,2,5,8H2,1H3. The lowest BCUT2D eigenvalue weighted by Crippen LogP contribution is -1.91. The van der Waals surface area contributed by atoms with Crippen molar-refractivity contribution < 1.29 is 0 Å². The highest BCUT2D eigenvalue weighted by Gasteiger charge is 2.27. The summed E-state index contributed by atoms with van der Waals surface area (Å²) in [7, 11) is 0. The molecule has 2 unspecified atom stereocenters. The molecule has 0 aliphatic heterocycles. The topological polar surface area (TPSA) is 0 Å². The molecule has 1 aromatic rings. The van der Waals surface area contributed by atoms with Crippen molar-refractivity contribution >= 4 is 15.9 Å². The predicted octanol–water partition coefficient (Wildman–Crippen LogP) is 4.41. The van der Waals surface area contributed by atoms with Crippen LogP contribution in [0.2, 0.25) is 0 Å². The summed E-state index contributed by atoms with van der Waals surface area (Å²) in [4.78, 5) is 0.597. The summed E-state index contributed by atoms with van der Waals surface area (Å²) in [5, 5.41) is 0. The summed E-state index contributed by atoms with van der Waals surface area (Å²) >= 11 is 3.75. The van der Waals surface area contributed by atoms with Crippen molar-refractivity contribution in [3.05, 3.63) is 35.4 Å². The molecule has 0 fully saturated rings. The first-order chi connectivity index (χ1) is 6.33. The zero-order valence-corrected chi connectivity index (χ0v) is 9.55. The molecule has 0 amide bonds. The van der Waals surface area contributed by atoms with Crippen molar-refractivity contribution in [3.63, 3.8) is 0 Å². The number of halogens is 1. The molecule has 1 heteroatoms. The molecule has 0 spiro atoms. The van der Waals surface area contributed by atoms with Gasteiger partial charge in [-0.1, -0.05) is 53.5 Å². The van der Waals surface area contributed by atoms with Crippen LogP contribution >= 0.6 is 15.9 Å². The van der Waals surface area contributed by atoms with Gasteiger partial charge in [-0.2, -0.15) is 0 Å². The van der Waals surface area contributed by atoms with Crippen LogP contribution in [0.5, 0.6) is 0 Å². The summed E-state index contributed by atoms with van der Waals surface area (Å²) in [6.45, 7) is 2.27. The van der Waals surface area contributed by atoms with Crippen molar-refractivity contribution in [2.45, 2.75) is 36.9 Å². The zero-order valence-electron chi connectivity index (χ0n) is 7.96. The number of alkyl halides is 1. The van der Waals surface area contributed by atoms with Crippen LogP contribution in [0, 0.1) is 0 Å². The normalized spacial score (nSPS) is 26.0. The van der Waals surface area contributed by atoms with E-state index in [0.717, 1.165) is 5.92 Å². The lowest BCUT2D eigenvalue weighted by molar-refractivity contribution is 0.607. The first-order valence-corrected chi connectivity index (χ1v) is 5.97. The average Bonchev–Trinajstić information content (AvgIpc) is 2.46. The molecule has 0 bridgehead atoms. The second kappa shape index (κ2) is 3.83. The van der Waals surface area contributed by atoms with Crippen molar-refractivity contribution in [3.8, 4) is 0 Å². The van der Waals surface area contributed by atoms with E-state index < -0.39 is 0 Å². The van der Waals surface area contributed by atoms with Crippen LogP contribution in [0.1, 0.15) is 48.1 Å². The Hall–Kier alpha value is -0.300. The average molecular weight is 239 g/mol. The van der Waals surface area contributed by atoms with E-state index >= 15 is 0 Å². The molecule has 70 valence electrons. The monoisotopic (exact) mass is 238 g/mol. The van der Waals surface area contributed by atoms with E-state index in [2.05, 4.69) is 47.1 Å². The van der Waals surface area contributed by atoms with Gasteiger partial charge in [-0.25, -0.2) is 0 Å². The summed E-state index contributed by atoms with van der Waals surface area (Å²) in [6.07, 6.45) is 3.91. The second-order valence-electron chi connectivity index (χ2n) is 3.82. The fourth-order valence-corrected chi connectivity index (χ4v) is 3.16. The van der Waals surface area contributed by atoms with Crippen molar-refractivity contribution in [2.24, 2.45) is 0 Å². The number of hydrogen-bond acceptors (Lipinski definition) is 0. The Labute approximate surface area is 88.5 Å². The van der Waals surface area contributed by atoms with Gasteiger partial charge in [0.2, 0.25) is 0 Å². The van der Waals surface area contributed by atoms with E-state index in [0.29, 0.717) is 4.83 Å². The van der Waals surface area contributed by atoms with Gasteiger partial charge in [-0.3, -0.25) is 0 Å². The molecule has 0 aromatic heterocycles. The Balaban J connectivity index is 2.30. The Bertz CT molecular complexity index is 293. The van der Waals surface area contributed by atoms with Gasteiger partial charge in [0.05, 0.1) is 0 Å². The summed E-state index contributed by atoms with van der Waals surface area (Å²) in [5.41, 5.74) is 3.09. The quantitative estimate of drug-likeness (QED) is 0.670. The van der Waals surface area contributed by atoms with Gasteiger partial charge in [0.1, 0.15) is 0 Å². The van der Waals surface area contributed by atoms with E-state index in [4.69, 9.17) is 0 Å².